The quantitative estimate of drug-likeness (QED) is 0.587. The van der Waals surface area contributed by atoms with Crippen LogP contribution in [0.15, 0.2) is 84.9 Å². The van der Waals surface area contributed by atoms with E-state index in [1.54, 1.807) is 0 Å². The van der Waals surface area contributed by atoms with Gasteiger partial charge >= 0.3 is 0 Å². The van der Waals surface area contributed by atoms with Crippen molar-refractivity contribution in [3.63, 3.8) is 0 Å². The number of likely N-dealkylation sites (tertiary alicyclic amines) is 1. The maximum absolute atomic E-state index is 11.1. The Morgan fingerprint density at radius 1 is 0.871 bits per heavy atom. The van der Waals surface area contributed by atoms with Crippen LogP contribution in [-0.4, -0.2) is 34.2 Å². The molecule has 1 saturated heterocycles. The number of piperidine rings is 1. The van der Waals surface area contributed by atoms with Crippen LogP contribution in [0.3, 0.4) is 0 Å². The van der Waals surface area contributed by atoms with Gasteiger partial charge in [0.2, 0.25) is 0 Å². The Morgan fingerprint density at radius 3 is 2.06 bits per heavy atom. The number of hydrogen-bond acceptors (Lipinski definition) is 4. The van der Waals surface area contributed by atoms with E-state index < -0.39 is 11.7 Å². The summed E-state index contributed by atoms with van der Waals surface area (Å²) in [7, 11) is 0. The molecule has 3 aromatic carbocycles. The minimum atomic E-state index is -0.778. The van der Waals surface area contributed by atoms with Gasteiger partial charge in [0.05, 0.1) is 11.7 Å². The zero-order chi connectivity index (χ0) is 21.7. The van der Waals surface area contributed by atoms with Gasteiger partial charge < -0.3 is 14.9 Å². The van der Waals surface area contributed by atoms with Crippen molar-refractivity contribution >= 4 is 0 Å². The fourth-order valence-corrected chi connectivity index (χ4v) is 4.32. The number of aliphatic hydroxyl groups excluding tert-OH is 1. The molecule has 1 heterocycles. The topological polar surface area (TPSA) is 52.9 Å². The Hall–Kier alpha value is -2.66. The van der Waals surface area contributed by atoms with Crippen LogP contribution < -0.4 is 4.74 Å². The number of ether oxygens (including phenoxy) is 1. The van der Waals surface area contributed by atoms with E-state index >= 15 is 0 Å². The smallest absolute Gasteiger partial charge is 0.119 e. The third-order valence-electron chi connectivity index (χ3n) is 6.44. The summed E-state index contributed by atoms with van der Waals surface area (Å²) in [5, 5.41) is 22.0. The average Bonchev–Trinajstić information content (AvgIpc) is 2.84. The lowest BCUT2D eigenvalue weighted by molar-refractivity contribution is -0.0501. The summed E-state index contributed by atoms with van der Waals surface area (Å²) in [5.41, 5.74) is 2.21. The predicted octanol–water partition coefficient (Wildman–Crippen LogP) is 4.67. The van der Waals surface area contributed by atoms with E-state index in [0.717, 1.165) is 35.5 Å². The summed E-state index contributed by atoms with van der Waals surface area (Å²) in [6.07, 6.45) is 0.742. The molecule has 4 heteroatoms. The van der Waals surface area contributed by atoms with Gasteiger partial charge in [0.25, 0.3) is 0 Å². The van der Waals surface area contributed by atoms with Gasteiger partial charge in [0, 0.05) is 19.1 Å². The van der Waals surface area contributed by atoms with Crippen molar-refractivity contribution in [2.75, 3.05) is 13.1 Å². The highest BCUT2D eigenvalue weighted by Gasteiger charge is 2.36. The highest BCUT2D eigenvalue weighted by molar-refractivity contribution is 5.30. The van der Waals surface area contributed by atoms with E-state index in [4.69, 9.17) is 4.74 Å². The molecule has 1 fully saturated rings. The molecule has 162 valence electrons. The molecule has 0 aromatic heterocycles. The van der Waals surface area contributed by atoms with Gasteiger partial charge in [-0.1, -0.05) is 72.8 Å². The van der Waals surface area contributed by atoms with E-state index in [1.807, 2.05) is 84.9 Å². The van der Waals surface area contributed by atoms with Crippen molar-refractivity contribution in [1.82, 2.24) is 4.90 Å². The molecule has 0 spiro atoms. The minimum Gasteiger partial charge on any atom is -0.489 e. The fraction of sp³-hybridized carbons (Fsp3) is 0.333. The molecule has 4 nitrogen and oxygen atoms in total. The SMILES string of the molecule is CC(C(O)c1ccc(OCc2ccccc2)cc1)N1CCC(O)(c2ccccc2)CC1. The summed E-state index contributed by atoms with van der Waals surface area (Å²) >= 11 is 0. The van der Waals surface area contributed by atoms with Gasteiger partial charge in [0.1, 0.15) is 12.4 Å². The first-order valence-corrected chi connectivity index (χ1v) is 11.0. The normalized spacial score (nSPS) is 18.3. The fourth-order valence-electron chi connectivity index (χ4n) is 4.32. The summed E-state index contributed by atoms with van der Waals surface area (Å²) in [6, 6.07) is 27.6. The number of aliphatic hydroxyl groups is 2. The zero-order valence-corrected chi connectivity index (χ0v) is 18.0. The number of rotatable bonds is 7. The second kappa shape index (κ2) is 9.65. The summed E-state index contributed by atoms with van der Waals surface area (Å²) in [6.45, 7) is 4.08. The molecule has 1 aliphatic heterocycles. The number of benzene rings is 3. The molecule has 0 amide bonds. The Morgan fingerprint density at radius 2 is 1.45 bits per heavy atom. The zero-order valence-electron chi connectivity index (χ0n) is 18.0. The second-order valence-corrected chi connectivity index (χ2v) is 8.46. The van der Waals surface area contributed by atoms with Crippen molar-refractivity contribution in [3.05, 3.63) is 102 Å². The molecule has 3 aromatic rings. The van der Waals surface area contributed by atoms with Gasteiger partial charge in [-0.05, 0) is 48.6 Å². The third kappa shape index (κ3) is 5.16. The highest BCUT2D eigenvalue weighted by atomic mass is 16.5. The lowest BCUT2D eigenvalue weighted by atomic mass is 9.83. The molecule has 1 aliphatic rings. The average molecular weight is 418 g/mol. The van der Waals surface area contributed by atoms with E-state index in [1.165, 1.54) is 0 Å². The van der Waals surface area contributed by atoms with Crippen LogP contribution in [0.25, 0.3) is 0 Å². The van der Waals surface area contributed by atoms with Crippen molar-refractivity contribution in [1.29, 1.82) is 0 Å². The van der Waals surface area contributed by atoms with Gasteiger partial charge in [-0.2, -0.15) is 0 Å². The minimum absolute atomic E-state index is 0.0311. The summed E-state index contributed by atoms with van der Waals surface area (Å²) in [4.78, 5) is 2.27. The van der Waals surface area contributed by atoms with Crippen molar-refractivity contribution in [2.45, 2.75) is 44.1 Å². The maximum Gasteiger partial charge on any atom is 0.119 e. The van der Waals surface area contributed by atoms with Crippen molar-refractivity contribution in [2.24, 2.45) is 0 Å². The third-order valence-corrected chi connectivity index (χ3v) is 6.44. The molecule has 31 heavy (non-hydrogen) atoms. The Labute approximate surface area is 184 Å². The molecular formula is C27H31NO3. The van der Waals surface area contributed by atoms with E-state index in [2.05, 4.69) is 11.8 Å². The maximum atomic E-state index is 11.1. The molecule has 2 N–H and O–H groups in total. The summed E-state index contributed by atoms with van der Waals surface area (Å²) < 4.78 is 5.85. The Bertz CT molecular complexity index is 935. The van der Waals surface area contributed by atoms with Crippen LogP contribution in [0.2, 0.25) is 0 Å². The van der Waals surface area contributed by atoms with Crippen LogP contribution in [0.5, 0.6) is 5.75 Å². The first-order valence-electron chi connectivity index (χ1n) is 11.0. The van der Waals surface area contributed by atoms with E-state index in [-0.39, 0.29) is 6.04 Å². The Balaban J connectivity index is 1.32. The number of nitrogens with zero attached hydrogens (tertiary/aromatic N) is 1. The van der Waals surface area contributed by atoms with Crippen LogP contribution in [0, 0.1) is 0 Å². The van der Waals surface area contributed by atoms with Crippen LogP contribution >= 0.6 is 0 Å². The van der Waals surface area contributed by atoms with Gasteiger partial charge in [-0.15, -0.1) is 0 Å². The molecule has 2 unspecified atom stereocenters. The summed E-state index contributed by atoms with van der Waals surface area (Å²) in [5.74, 6) is 0.790. The molecule has 4 rings (SSSR count). The van der Waals surface area contributed by atoms with Crippen molar-refractivity contribution in [3.8, 4) is 5.75 Å². The highest BCUT2D eigenvalue weighted by Crippen LogP contribution is 2.35. The monoisotopic (exact) mass is 417 g/mol. The second-order valence-electron chi connectivity index (χ2n) is 8.46. The van der Waals surface area contributed by atoms with Gasteiger partial charge in [-0.3, -0.25) is 4.90 Å². The number of hydrogen-bond donors (Lipinski definition) is 2. The van der Waals surface area contributed by atoms with Crippen LogP contribution in [0.1, 0.15) is 42.6 Å². The van der Waals surface area contributed by atoms with Crippen LogP contribution in [-0.2, 0) is 12.2 Å². The first-order chi connectivity index (χ1) is 15.0. The van der Waals surface area contributed by atoms with E-state index in [9.17, 15) is 10.2 Å². The van der Waals surface area contributed by atoms with Gasteiger partial charge in [0.15, 0.2) is 0 Å². The van der Waals surface area contributed by atoms with Crippen LogP contribution in [0.4, 0.5) is 0 Å². The standard InChI is InChI=1S/C27H31NO3/c1-21(28-18-16-27(30,17-19-28)24-10-6-3-7-11-24)26(29)23-12-14-25(15-13-23)31-20-22-8-4-2-5-9-22/h2-15,21,26,29-30H,16-20H2,1H3. The predicted molar refractivity (Wildman–Crippen MR) is 123 cm³/mol. The van der Waals surface area contributed by atoms with Crippen molar-refractivity contribution < 1.29 is 14.9 Å². The molecule has 0 saturated carbocycles. The Kier molecular flexibility index (Phi) is 6.71. The largest absolute Gasteiger partial charge is 0.489 e. The van der Waals surface area contributed by atoms with Gasteiger partial charge in [-0.25, -0.2) is 0 Å². The first kappa shape index (κ1) is 21.6. The molecule has 0 aliphatic carbocycles. The van der Waals surface area contributed by atoms with E-state index in [0.29, 0.717) is 19.4 Å². The molecular weight excluding hydrogens is 386 g/mol. The molecule has 0 bridgehead atoms. The lowest BCUT2D eigenvalue weighted by Gasteiger charge is -2.42. The lowest BCUT2D eigenvalue weighted by Crippen LogP contribution is -2.47. The molecule has 0 radical (unpaired) electrons. The molecule has 2 atom stereocenters.